The van der Waals surface area contributed by atoms with Gasteiger partial charge in [-0.15, -0.1) is 0 Å². The normalized spacial score (nSPS) is 20.8. The second-order valence-electron chi connectivity index (χ2n) is 8.94. The lowest BCUT2D eigenvalue weighted by Crippen LogP contribution is -2.26. The van der Waals surface area contributed by atoms with E-state index in [-0.39, 0.29) is 30.1 Å². The summed E-state index contributed by atoms with van der Waals surface area (Å²) in [6.45, 7) is 7.64. The van der Waals surface area contributed by atoms with Gasteiger partial charge in [-0.1, -0.05) is 19.9 Å². The molecule has 0 spiro atoms. The number of esters is 1. The van der Waals surface area contributed by atoms with E-state index in [1.165, 1.54) is 7.11 Å². The lowest BCUT2D eigenvalue weighted by Gasteiger charge is -2.35. The third-order valence-corrected chi connectivity index (χ3v) is 7.04. The summed E-state index contributed by atoms with van der Waals surface area (Å²) in [6, 6.07) is 3.69. The van der Waals surface area contributed by atoms with Crippen LogP contribution in [0, 0.1) is 11.8 Å². The number of hydrogen-bond acceptors (Lipinski definition) is 8. The number of aromatic hydroxyl groups is 1. The predicted molar refractivity (Wildman–Crippen MR) is 130 cm³/mol. The number of allylic oxidation sites excluding steroid dienone is 1. The first-order chi connectivity index (χ1) is 16.8. The molecular formula is C27H32O8. The minimum atomic E-state index is -0.659. The van der Waals surface area contributed by atoms with Crippen molar-refractivity contribution in [3.63, 3.8) is 0 Å². The van der Waals surface area contributed by atoms with Gasteiger partial charge in [-0.25, -0.2) is 4.79 Å². The van der Waals surface area contributed by atoms with E-state index in [2.05, 4.69) is 6.92 Å². The van der Waals surface area contributed by atoms with Crippen molar-refractivity contribution in [1.29, 1.82) is 0 Å². The highest BCUT2D eigenvalue weighted by Crippen LogP contribution is 2.58. The van der Waals surface area contributed by atoms with Crippen molar-refractivity contribution in [2.75, 3.05) is 28.1 Å². The molecule has 1 aliphatic heterocycles. The number of fused-ring (bicyclic) bond motifs is 4. The molecular weight excluding hydrogens is 452 g/mol. The molecule has 188 valence electrons. The van der Waals surface area contributed by atoms with Gasteiger partial charge in [0.2, 0.25) is 18.3 Å². The molecule has 35 heavy (non-hydrogen) atoms. The number of hydrogen-bond donors (Lipinski definition) is 1. The Morgan fingerprint density at radius 2 is 1.77 bits per heavy atom. The Hall–Kier alpha value is -3.55. The standard InChI is InChI=1S/C27H32O8/c1-8-13(2)27(29)35-23-15(4)14(3)9-16-10-18(30-5)25(31-6)26(32-7)20(16)21-17(23)11-19-24(22(21)28)34-12-33-19/h8,10-11,14-15,23,28H,9,12H2,1-7H3/b13-8-/t14-,15-,23+/m1/s1. The monoisotopic (exact) mass is 484 g/mol. The topological polar surface area (TPSA) is 92.7 Å². The van der Waals surface area contributed by atoms with E-state index in [0.29, 0.717) is 51.7 Å². The number of phenols is 1. The summed E-state index contributed by atoms with van der Waals surface area (Å²) in [5, 5.41) is 11.5. The number of benzene rings is 2. The van der Waals surface area contributed by atoms with Crippen molar-refractivity contribution in [1.82, 2.24) is 0 Å². The third-order valence-electron chi connectivity index (χ3n) is 7.04. The molecule has 0 bridgehead atoms. The van der Waals surface area contributed by atoms with Crippen LogP contribution in [0.25, 0.3) is 11.1 Å². The first-order valence-electron chi connectivity index (χ1n) is 11.6. The van der Waals surface area contributed by atoms with Gasteiger partial charge in [-0.2, -0.15) is 0 Å². The molecule has 0 fully saturated rings. The minimum absolute atomic E-state index is 0.0181. The summed E-state index contributed by atoms with van der Waals surface area (Å²) < 4.78 is 34.4. The Bertz CT molecular complexity index is 1180. The number of ether oxygens (including phenoxy) is 6. The summed E-state index contributed by atoms with van der Waals surface area (Å²) in [5.41, 5.74) is 3.11. The average molecular weight is 485 g/mol. The van der Waals surface area contributed by atoms with Crippen LogP contribution in [-0.4, -0.2) is 39.2 Å². The summed E-state index contributed by atoms with van der Waals surface area (Å²) in [6.07, 6.45) is 1.68. The van der Waals surface area contributed by atoms with Gasteiger partial charge < -0.3 is 33.5 Å². The lowest BCUT2D eigenvalue weighted by molar-refractivity contribution is -0.148. The Balaban J connectivity index is 2.09. The molecule has 0 saturated carbocycles. The molecule has 3 atom stereocenters. The minimum Gasteiger partial charge on any atom is -0.504 e. The van der Waals surface area contributed by atoms with E-state index in [4.69, 9.17) is 28.4 Å². The quantitative estimate of drug-likeness (QED) is 0.458. The van der Waals surface area contributed by atoms with Gasteiger partial charge in [0.25, 0.3) is 0 Å². The largest absolute Gasteiger partial charge is 0.504 e. The lowest BCUT2D eigenvalue weighted by atomic mass is 9.76. The smallest absolute Gasteiger partial charge is 0.333 e. The Kier molecular flexibility index (Phi) is 6.74. The van der Waals surface area contributed by atoms with Crippen molar-refractivity contribution in [2.45, 2.75) is 40.2 Å². The second kappa shape index (κ2) is 9.60. The van der Waals surface area contributed by atoms with Crippen LogP contribution in [0.15, 0.2) is 23.8 Å². The van der Waals surface area contributed by atoms with Crippen LogP contribution in [0.2, 0.25) is 0 Å². The van der Waals surface area contributed by atoms with Crippen molar-refractivity contribution in [3.05, 3.63) is 34.9 Å². The number of methoxy groups -OCH3 is 3. The van der Waals surface area contributed by atoms with Crippen molar-refractivity contribution in [3.8, 4) is 45.6 Å². The second-order valence-corrected chi connectivity index (χ2v) is 8.94. The molecule has 1 aliphatic carbocycles. The van der Waals surface area contributed by atoms with Crippen molar-refractivity contribution >= 4 is 5.97 Å². The highest BCUT2D eigenvalue weighted by Gasteiger charge is 2.39. The number of carbonyl (C=O) groups excluding carboxylic acids is 1. The fourth-order valence-electron chi connectivity index (χ4n) is 4.78. The fourth-order valence-corrected chi connectivity index (χ4v) is 4.78. The van der Waals surface area contributed by atoms with Gasteiger partial charge in [-0.3, -0.25) is 0 Å². The summed E-state index contributed by atoms with van der Waals surface area (Å²) in [7, 11) is 4.64. The molecule has 0 amide bonds. The molecule has 2 aromatic rings. The maximum absolute atomic E-state index is 12.9. The zero-order chi connectivity index (χ0) is 25.4. The van der Waals surface area contributed by atoms with E-state index in [0.717, 1.165) is 5.56 Å². The molecule has 0 saturated heterocycles. The molecule has 2 aliphatic rings. The van der Waals surface area contributed by atoms with Crippen LogP contribution in [0.1, 0.15) is 44.9 Å². The van der Waals surface area contributed by atoms with E-state index >= 15 is 0 Å². The summed E-state index contributed by atoms with van der Waals surface area (Å²) in [5.74, 6) is 1.46. The Morgan fingerprint density at radius 1 is 1.06 bits per heavy atom. The van der Waals surface area contributed by atoms with Gasteiger partial charge in [0.1, 0.15) is 6.10 Å². The Morgan fingerprint density at radius 3 is 2.40 bits per heavy atom. The maximum atomic E-state index is 12.9. The first kappa shape index (κ1) is 24.6. The van der Waals surface area contributed by atoms with E-state index < -0.39 is 12.1 Å². The molecule has 0 aromatic heterocycles. The zero-order valence-corrected chi connectivity index (χ0v) is 21.2. The molecule has 0 unspecified atom stereocenters. The summed E-state index contributed by atoms with van der Waals surface area (Å²) in [4.78, 5) is 12.9. The van der Waals surface area contributed by atoms with Crippen LogP contribution in [0.4, 0.5) is 0 Å². The van der Waals surface area contributed by atoms with Crippen molar-refractivity contribution < 1.29 is 38.3 Å². The van der Waals surface area contributed by atoms with Gasteiger partial charge in [0.05, 0.1) is 21.3 Å². The van der Waals surface area contributed by atoms with Gasteiger partial charge in [0, 0.05) is 28.2 Å². The van der Waals surface area contributed by atoms with Gasteiger partial charge in [-0.05, 0) is 43.9 Å². The summed E-state index contributed by atoms with van der Waals surface area (Å²) >= 11 is 0. The van der Waals surface area contributed by atoms with E-state index in [9.17, 15) is 9.90 Å². The molecule has 1 N–H and O–H groups in total. The number of phenolic OH excluding ortho intramolecular Hbond substituents is 1. The molecule has 8 nitrogen and oxygen atoms in total. The molecule has 8 heteroatoms. The Labute approximate surface area is 205 Å². The zero-order valence-electron chi connectivity index (χ0n) is 21.2. The SMILES string of the molecule is C/C=C(/C)C(=O)O[C@@H]1c2cc3c(c(O)c2-c2c(cc(OC)c(OC)c2OC)C[C@@H](C)[C@H]1C)OCO3. The number of rotatable bonds is 5. The van der Waals surface area contributed by atoms with Gasteiger partial charge in [0.15, 0.2) is 23.0 Å². The predicted octanol–water partition coefficient (Wildman–Crippen LogP) is 5.19. The first-order valence-corrected chi connectivity index (χ1v) is 11.6. The van der Waals surface area contributed by atoms with Gasteiger partial charge >= 0.3 is 5.97 Å². The molecule has 4 rings (SSSR count). The van der Waals surface area contributed by atoms with Crippen LogP contribution in [0.3, 0.4) is 0 Å². The molecule has 0 radical (unpaired) electrons. The highest BCUT2D eigenvalue weighted by atomic mass is 16.7. The molecule has 1 heterocycles. The number of carbonyl (C=O) groups is 1. The van der Waals surface area contributed by atoms with Crippen molar-refractivity contribution in [2.24, 2.45) is 11.8 Å². The third kappa shape index (κ3) is 4.00. The van der Waals surface area contributed by atoms with Crippen LogP contribution >= 0.6 is 0 Å². The average Bonchev–Trinajstić information content (AvgIpc) is 3.34. The maximum Gasteiger partial charge on any atom is 0.333 e. The van der Waals surface area contributed by atoms with E-state index in [1.54, 1.807) is 40.2 Å². The van der Waals surface area contributed by atoms with Crippen LogP contribution in [0.5, 0.6) is 34.5 Å². The van der Waals surface area contributed by atoms with Crippen LogP contribution < -0.4 is 23.7 Å². The van der Waals surface area contributed by atoms with Crippen LogP contribution in [-0.2, 0) is 16.0 Å². The fraction of sp³-hybridized carbons (Fsp3) is 0.444. The van der Waals surface area contributed by atoms with E-state index in [1.807, 2.05) is 13.0 Å². The highest BCUT2D eigenvalue weighted by molar-refractivity contribution is 5.90. The molecule has 2 aromatic carbocycles.